The van der Waals surface area contributed by atoms with Crippen molar-refractivity contribution in [1.82, 2.24) is 9.88 Å². The highest BCUT2D eigenvalue weighted by molar-refractivity contribution is 5.99. The lowest BCUT2D eigenvalue weighted by Crippen LogP contribution is -2.53. The molecule has 9 heteroatoms. The summed E-state index contributed by atoms with van der Waals surface area (Å²) in [5, 5.41) is 0. The number of nitrogens with zero attached hydrogens (tertiary/aromatic N) is 3. The van der Waals surface area contributed by atoms with Crippen LogP contribution in [0.5, 0.6) is 0 Å². The Bertz CT molecular complexity index is 834. The zero-order chi connectivity index (χ0) is 21.9. The van der Waals surface area contributed by atoms with Crippen molar-refractivity contribution in [3.05, 3.63) is 23.9 Å². The molecule has 1 spiro atoms. The van der Waals surface area contributed by atoms with Crippen LogP contribution in [-0.2, 0) is 15.7 Å². The van der Waals surface area contributed by atoms with E-state index in [1.54, 1.807) is 4.90 Å². The molecule has 2 amide bonds. The van der Waals surface area contributed by atoms with Gasteiger partial charge >= 0.3 is 12.3 Å². The molecule has 0 saturated carbocycles. The van der Waals surface area contributed by atoms with Gasteiger partial charge in [0, 0.05) is 24.8 Å². The second-order valence-electron chi connectivity index (χ2n) is 9.57. The molecule has 3 saturated heterocycles. The first kappa shape index (κ1) is 20.9. The Kier molecular flexibility index (Phi) is 4.78. The van der Waals surface area contributed by atoms with Gasteiger partial charge in [-0.25, -0.2) is 9.78 Å². The molecule has 3 aliphatic rings. The van der Waals surface area contributed by atoms with Gasteiger partial charge in [-0.3, -0.25) is 9.69 Å². The number of amides is 2. The van der Waals surface area contributed by atoms with E-state index in [9.17, 15) is 22.8 Å². The number of hydrogen-bond acceptors (Lipinski definition) is 4. The van der Waals surface area contributed by atoms with Crippen molar-refractivity contribution in [2.24, 2.45) is 5.41 Å². The lowest BCUT2D eigenvalue weighted by Gasteiger charge is -2.43. The highest BCUT2D eigenvalue weighted by atomic mass is 19.4. The summed E-state index contributed by atoms with van der Waals surface area (Å²) in [4.78, 5) is 33.2. The molecule has 6 nitrogen and oxygen atoms in total. The number of pyridine rings is 1. The number of halogens is 3. The van der Waals surface area contributed by atoms with Gasteiger partial charge in [0.05, 0.1) is 11.0 Å². The summed E-state index contributed by atoms with van der Waals surface area (Å²) < 4.78 is 43.9. The van der Waals surface area contributed by atoms with Crippen LogP contribution < -0.4 is 4.90 Å². The summed E-state index contributed by atoms with van der Waals surface area (Å²) in [5.74, 6) is 0.141. The molecular formula is C21H26F3N3O3. The second-order valence-corrected chi connectivity index (χ2v) is 9.57. The van der Waals surface area contributed by atoms with E-state index in [1.807, 2.05) is 20.8 Å². The molecule has 164 valence electrons. The minimum atomic E-state index is -4.46. The molecule has 0 aliphatic carbocycles. The maximum absolute atomic E-state index is 13.3. The van der Waals surface area contributed by atoms with Crippen molar-refractivity contribution >= 4 is 17.8 Å². The van der Waals surface area contributed by atoms with Gasteiger partial charge in [-0.1, -0.05) is 0 Å². The monoisotopic (exact) mass is 425 g/mol. The molecule has 1 aromatic heterocycles. The number of aromatic nitrogens is 1. The number of piperidine rings is 1. The molecule has 4 heterocycles. The molecule has 0 N–H and O–H groups in total. The summed E-state index contributed by atoms with van der Waals surface area (Å²) in [6.07, 6.45) is -0.648. The molecule has 2 atom stereocenters. The summed E-state index contributed by atoms with van der Waals surface area (Å²) >= 11 is 0. The first-order valence-electron chi connectivity index (χ1n) is 10.3. The van der Waals surface area contributed by atoms with Crippen molar-refractivity contribution in [2.75, 3.05) is 11.4 Å². The first-order valence-corrected chi connectivity index (χ1v) is 10.3. The fourth-order valence-corrected chi connectivity index (χ4v) is 5.09. The molecule has 4 rings (SSSR count). The van der Waals surface area contributed by atoms with Crippen molar-refractivity contribution < 1.29 is 27.5 Å². The Balaban J connectivity index is 1.50. The van der Waals surface area contributed by atoms with Crippen molar-refractivity contribution in [3.63, 3.8) is 0 Å². The van der Waals surface area contributed by atoms with Crippen LogP contribution in [0.25, 0.3) is 0 Å². The maximum Gasteiger partial charge on any atom is 0.417 e. The summed E-state index contributed by atoms with van der Waals surface area (Å²) in [7, 11) is 0. The smallest absolute Gasteiger partial charge is 0.417 e. The quantitative estimate of drug-likeness (QED) is 0.670. The SMILES string of the molecule is CC(C)(C)OC(=O)N1C2CCC1CC1(CCN(c3ccc(C(F)(F)F)cn3)C1=O)C2. The predicted octanol–water partition coefficient (Wildman–Crippen LogP) is 4.39. The van der Waals surface area contributed by atoms with Gasteiger partial charge in [-0.15, -0.1) is 0 Å². The topological polar surface area (TPSA) is 62.7 Å². The Morgan fingerprint density at radius 3 is 2.30 bits per heavy atom. The van der Waals surface area contributed by atoms with Crippen LogP contribution in [0.1, 0.15) is 58.4 Å². The minimum Gasteiger partial charge on any atom is -0.444 e. The Morgan fingerprint density at radius 2 is 1.80 bits per heavy atom. The minimum absolute atomic E-state index is 0.0527. The molecule has 0 aromatic carbocycles. The van der Waals surface area contributed by atoms with Gasteiger partial charge in [0.1, 0.15) is 11.4 Å². The average Bonchev–Trinajstić information content (AvgIpc) is 3.08. The van der Waals surface area contributed by atoms with Crippen molar-refractivity contribution in [3.8, 4) is 0 Å². The zero-order valence-electron chi connectivity index (χ0n) is 17.3. The van der Waals surface area contributed by atoms with Gasteiger partial charge in [0.2, 0.25) is 5.91 Å². The van der Waals surface area contributed by atoms with Crippen LogP contribution in [0, 0.1) is 5.41 Å². The third-order valence-electron chi connectivity index (χ3n) is 6.34. The van der Waals surface area contributed by atoms with E-state index in [2.05, 4.69) is 4.98 Å². The number of rotatable bonds is 1. The maximum atomic E-state index is 13.3. The molecule has 30 heavy (non-hydrogen) atoms. The average molecular weight is 425 g/mol. The van der Waals surface area contributed by atoms with Gasteiger partial charge in [0.25, 0.3) is 0 Å². The van der Waals surface area contributed by atoms with Gasteiger partial charge < -0.3 is 9.64 Å². The van der Waals surface area contributed by atoms with Gasteiger partial charge in [-0.2, -0.15) is 13.2 Å². The number of carbonyl (C=O) groups is 2. The van der Waals surface area contributed by atoms with E-state index in [0.29, 0.717) is 25.8 Å². The summed E-state index contributed by atoms with van der Waals surface area (Å²) in [6.45, 7) is 5.90. The molecule has 1 aromatic rings. The van der Waals surface area contributed by atoms with Crippen LogP contribution in [0.3, 0.4) is 0 Å². The largest absolute Gasteiger partial charge is 0.444 e. The number of carbonyl (C=O) groups excluding carboxylic acids is 2. The first-order chi connectivity index (χ1) is 13.9. The van der Waals surface area contributed by atoms with Crippen LogP contribution in [0.4, 0.5) is 23.8 Å². The fourth-order valence-electron chi connectivity index (χ4n) is 5.09. The lowest BCUT2D eigenvalue weighted by molar-refractivity contribution is -0.137. The normalized spacial score (nSPS) is 29.1. The second kappa shape index (κ2) is 6.85. The number of fused-ring (bicyclic) bond motifs is 2. The van der Waals surface area contributed by atoms with E-state index in [1.165, 1.54) is 11.0 Å². The lowest BCUT2D eigenvalue weighted by atomic mass is 9.73. The zero-order valence-corrected chi connectivity index (χ0v) is 17.3. The third-order valence-corrected chi connectivity index (χ3v) is 6.34. The van der Waals surface area contributed by atoms with Crippen LogP contribution in [0.15, 0.2) is 18.3 Å². The molecule has 0 radical (unpaired) electrons. The number of alkyl halides is 3. The number of hydrogen-bond donors (Lipinski definition) is 0. The Hall–Kier alpha value is -2.32. The van der Waals surface area contributed by atoms with E-state index in [0.717, 1.165) is 25.1 Å². The highest BCUT2D eigenvalue weighted by Crippen LogP contribution is 2.51. The Morgan fingerprint density at radius 1 is 1.17 bits per heavy atom. The summed E-state index contributed by atoms with van der Waals surface area (Å²) in [5.41, 5.74) is -2.01. The third kappa shape index (κ3) is 3.63. The van der Waals surface area contributed by atoms with Gasteiger partial charge in [-0.05, 0) is 65.0 Å². The number of anilines is 1. The van der Waals surface area contributed by atoms with Crippen LogP contribution in [-0.4, -0.2) is 46.1 Å². The molecular weight excluding hydrogens is 399 g/mol. The van der Waals surface area contributed by atoms with Gasteiger partial charge in [0.15, 0.2) is 0 Å². The van der Waals surface area contributed by atoms with E-state index in [-0.39, 0.29) is 29.9 Å². The molecule has 2 bridgehead atoms. The standard InChI is InChI=1S/C21H26F3N3O3/c1-19(2,3)30-18(29)27-14-5-6-15(27)11-20(10-14)8-9-26(17(20)28)16-7-4-13(12-25-16)21(22,23)24/h4,7,12,14-15H,5-6,8-11H2,1-3H3. The highest BCUT2D eigenvalue weighted by Gasteiger charge is 2.57. The van der Waals surface area contributed by atoms with Crippen molar-refractivity contribution in [1.29, 1.82) is 0 Å². The van der Waals surface area contributed by atoms with Crippen molar-refractivity contribution in [2.45, 2.75) is 76.7 Å². The predicted molar refractivity (Wildman–Crippen MR) is 103 cm³/mol. The molecule has 3 aliphatic heterocycles. The molecule has 3 fully saturated rings. The van der Waals surface area contributed by atoms with E-state index < -0.39 is 22.8 Å². The van der Waals surface area contributed by atoms with E-state index >= 15 is 0 Å². The van der Waals surface area contributed by atoms with Crippen LogP contribution in [0.2, 0.25) is 0 Å². The fraction of sp³-hybridized carbons (Fsp3) is 0.667. The molecule has 2 unspecified atom stereocenters. The van der Waals surface area contributed by atoms with Crippen LogP contribution >= 0.6 is 0 Å². The number of ether oxygens (including phenoxy) is 1. The van der Waals surface area contributed by atoms with E-state index in [4.69, 9.17) is 4.74 Å². The Labute approximate surface area is 173 Å². The summed E-state index contributed by atoms with van der Waals surface area (Å²) in [6, 6.07) is 2.10.